The number of benzene rings is 1. The average molecular weight is 405 g/mol. The molecule has 2 aliphatic heterocycles. The van der Waals surface area contributed by atoms with Crippen LogP contribution < -0.4 is 0 Å². The van der Waals surface area contributed by atoms with Crippen LogP contribution in [0.2, 0.25) is 0 Å². The standard InChI is InChI=1S/C18H19N3O6S/c1-10-14(17(23)27-8-7-26-3)15(12-5-4-6-13(9-12)21(24)25)20-16(22)11(2)28-18(20)19-10/h4-6,9,11,15H,7-8H2,1-3H3. The van der Waals surface area contributed by atoms with Crippen LogP contribution in [0, 0.1) is 10.1 Å². The third-order valence-corrected chi connectivity index (χ3v) is 5.45. The van der Waals surface area contributed by atoms with Gasteiger partial charge in [-0.1, -0.05) is 23.9 Å². The second-order valence-corrected chi connectivity index (χ2v) is 7.55. The Morgan fingerprint density at radius 3 is 2.82 bits per heavy atom. The molecule has 2 atom stereocenters. The highest BCUT2D eigenvalue weighted by Gasteiger charge is 2.46. The van der Waals surface area contributed by atoms with Gasteiger partial charge in [-0.25, -0.2) is 9.79 Å². The number of nitro benzene ring substituents is 1. The zero-order valence-electron chi connectivity index (χ0n) is 15.6. The number of amidine groups is 1. The molecule has 28 heavy (non-hydrogen) atoms. The molecule has 0 saturated carbocycles. The third-order valence-electron chi connectivity index (χ3n) is 4.40. The largest absolute Gasteiger partial charge is 0.460 e. The molecule has 9 nitrogen and oxygen atoms in total. The maximum absolute atomic E-state index is 12.8. The van der Waals surface area contributed by atoms with Gasteiger partial charge in [0.15, 0.2) is 5.17 Å². The van der Waals surface area contributed by atoms with Crippen molar-refractivity contribution < 1.29 is 24.0 Å². The minimum Gasteiger partial charge on any atom is -0.460 e. The number of rotatable bonds is 6. The number of nitro groups is 1. The van der Waals surface area contributed by atoms with Crippen molar-refractivity contribution in [2.24, 2.45) is 4.99 Å². The van der Waals surface area contributed by atoms with Crippen LogP contribution in [0.15, 0.2) is 40.5 Å². The van der Waals surface area contributed by atoms with E-state index in [2.05, 4.69) is 4.99 Å². The number of ether oxygens (including phenoxy) is 2. The number of esters is 1. The van der Waals surface area contributed by atoms with E-state index < -0.39 is 16.9 Å². The fourth-order valence-electron chi connectivity index (χ4n) is 3.08. The molecular weight excluding hydrogens is 386 g/mol. The zero-order valence-corrected chi connectivity index (χ0v) is 16.4. The number of nitrogens with zero attached hydrogens (tertiary/aromatic N) is 3. The van der Waals surface area contributed by atoms with Gasteiger partial charge < -0.3 is 9.47 Å². The first kappa shape index (κ1) is 20.0. The number of non-ortho nitro benzene ring substituents is 1. The molecule has 0 radical (unpaired) electrons. The first-order valence-electron chi connectivity index (χ1n) is 8.54. The van der Waals surface area contributed by atoms with Crippen LogP contribution >= 0.6 is 11.8 Å². The summed E-state index contributed by atoms with van der Waals surface area (Å²) in [6.07, 6.45) is 0. The Balaban J connectivity index is 2.08. The molecule has 3 rings (SSSR count). The van der Waals surface area contributed by atoms with Crippen molar-refractivity contribution >= 4 is 34.5 Å². The number of fused-ring (bicyclic) bond motifs is 1. The first-order valence-corrected chi connectivity index (χ1v) is 9.42. The normalized spacial score (nSPS) is 21.5. The molecule has 148 valence electrons. The van der Waals surface area contributed by atoms with Crippen molar-refractivity contribution in [2.45, 2.75) is 25.1 Å². The van der Waals surface area contributed by atoms with Gasteiger partial charge in [-0.3, -0.25) is 19.8 Å². The number of hydrogen-bond acceptors (Lipinski definition) is 8. The molecule has 2 unspecified atom stereocenters. The summed E-state index contributed by atoms with van der Waals surface area (Å²) in [5.74, 6) is -0.846. The second kappa shape index (κ2) is 8.11. The van der Waals surface area contributed by atoms with Gasteiger partial charge in [-0.15, -0.1) is 0 Å². The fraction of sp³-hybridized carbons (Fsp3) is 0.389. The van der Waals surface area contributed by atoms with Gasteiger partial charge in [0.05, 0.1) is 34.1 Å². The number of allylic oxidation sites excluding steroid dienone is 1. The Hall–Kier alpha value is -2.72. The van der Waals surface area contributed by atoms with Gasteiger partial charge in [0.25, 0.3) is 5.69 Å². The van der Waals surface area contributed by atoms with Gasteiger partial charge in [-0.05, 0) is 19.4 Å². The first-order chi connectivity index (χ1) is 13.3. The second-order valence-electron chi connectivity index (χ2n) is 6.25. The number of amides is 1. The van der Waals surface area contributed by atoms with E-state index in [1.807, 2.05) is 0 Å². The molecule has 0 N–H and O–H groups in total. The Labute approximate surface area is 165 Å². The lowest BCUT2D eigenvalue weighted by Crippen LogP contribution is -2.40. The number of carbonyl (C=O) groups excluding carboxylic acids is 2. The molecule has 1 saturated heterocycles. The maximum Gasteiger partial charge on any atom is 0.338 e. The monoisotopic (exact) mass is 405 g/mol. The van der Waals surface area contributed by atoms with Gasteiger partial charge in [-0.2, -0.15) is 0 Å². The summed E-state index contributed by atoms with van der Waals surface area (Å²) in [6.45, 7) is 3.69. The molecule has 0 spiro atoms. The van der Waals surface area contributed by atoms with E-state index in [1.165, 1.54) is 42.0 Å². The summed E-state index contributed by atoms with van der Waals surface area (Å²) in [4.78, 5) is 42.1. The number of aliphatic imine (C=N–C) groups is 1. The van der Waals surface area contributed by atoms with Crippen LogP contribution in [0.25, 0.3) is 0 Å². The SMILES string of the molecule is COCCOC(=O)C1=C(C)N=C2SC(C)C(=O)N2C1c1cccc([N+](=O)[O-])c1. The van der Waals surface area contributed by atoms with Crippen molar-refractivity contribution in [1.82, 2.24) is 4.90 Å². The van der Waals surface area contributed by atoms with Crippen molar-refractivity contribution in [3.05, 3.63) is 51.2 Å². The highest BCUT2D eigenvalue weighted by Crippen LogP contribution is 2.43. The zero-order chi connectivity index (χ0) is 20.4. The fourth-order valence-corrected chi connectivity index (χ4v) is 4.11. The molecule has 0 aromatic heterocycles. The van der Waals surface area contributed by atoms with Crippen LogP contribution in [-0.4, -0.2) is 52.4 Å². The Morgan fingerprint density at radius 2 is 2.14 bits per heavy atom. The minimum absolute atomic E-state index is 0.0451. The number of hydrogen-bond donors (Lipinski definition) is 0. The van der Waals surface area contributed by atoms with Gasteiger partial charge in [0, 0.05) is 19.2 Å². The van der Waals surface area contributed by atoms with Crippen molar-refractivity contribution in [3.63, 3.8) is 0 Å². The number of thioether (sulfide) groups is 1. The summed E-state index contributed by atoms with van der Waals surface area (Å²) in [6, 6.07) is 5.06. The van der Waals surface area contributed by atoms with Gasteiger partial charge in [0.1, 0.15) is 6.61 Å². The van der Waals surface area contributed by atoms with E-state index in [4.69, 9.17) is 9.47 Å². The topological polar surface area (TPSA) is 111 Å². The average Bonchev–Trinajstić information content (AvgIpc) is 2.94. The predicted molar refractivity (Wildman–Crippen MR) is 103 cm³/mol. The van der Waals surface area contributed by atoms with E-state index in [-0.39, 0.29) is 35.6 Å². The smallest absolute Gasteiger partial charge is 0.338 e. The highest BCUT2D eigenvalue weighted by molar-refractivity contribution is 8.15. The molecule has 1 aromatic rings. The highest BCUT2D eigenvalue weighted by atomic mass is 32.2. The molecular formula is C18H19N3O6S. The van der Waals surface area contributed by atoms with Crippen LogP contribution in [0.5, 0.6) is 0 Å². The van der Waals surface area contributed by atoms with E-state index in [9.17, 15) is 19.7 Å². The summed E-state index contributed by atoms with van der Waals surface area (Å²) in [7, 11) is 1.49. The van der Waals surface area contributed by atoms with Crippen LogP contribution in [-0.2, 0) is 19.1 Å². The number of carbonyl (C=O) groups is 2. The Morgan fingerprint density at radius 1 is 1.39 bits per heavy atom. The number of methoxy groups -OCH3 is 1. The molecule has 1 fully saturated rings. The molecule has 2 heterocycles. The van der Waals surface area contributed by atoms with E-state index in [0.717, 1.165) is 0 Å². The van der Waals surface area contributed by atoms with Gasteiger partial charge >= 0.3 is 5.97 Å². The maximum atomic E-state index is 12.8. The Bertz CT molecular complexity index is 897. The van der Waals surface area contributed by atoms with E-state index in [0.29, 0.717) is 16.4 Å². The third kappa shape index (κ3) is 3.65. The van der Waals surface area contributed by atoms with E-state index in [1.54, 1.807) is 19.9 Å². The quantitative estimate of drug-likeness (QED) is 0.309. The summed E-state index contributed by atoms with van der Waals surface area (Å²) < 4.78 is 10.2. The van der Waals surface area contributed by atoms with Crippen molar-refractivity contribution in [2.75, 3.05) is 20.3 Å². The lowest BCUT2D eigenvalue weighted by atomic mass is 9.94. The summed E-state index contributed by atoms with van der Waals surface area (Å²) in [5, 5.41) is 11.3. The van der Waals surface area contributed by atoms with Crippen LogP contribution in [0.3, 0.4) is 0 Å². The van der Waals surface area contributed by atoms with Crippen molar-refractivity contribution in [3.8, 4) is 0 Å². The molecule has 2 aliphatic rings. The Kier molecular flexibility index (Phi) is 5.80. The van der Waals surface area contributed by atoms with Crippen LogP contribution in [0.4, 0.5) is 5.69 Å². The summed E-state index contributed by atoms with van der Waals surface area (Å²) >= 11 is 1.29. The van der Waals surface area contributed by atoms with Crippen molar-refractivity contribution in [1.29, 1.82) is 0 Å². The molecule has 1 aromatic carbocycles. The van der Waals surface area contributed by atoms with Crippen LogP contribution in [0.1, 0.15) is 25.5 Å². The van der Waals surface area contributed by atoms with Gasteiger partial charge in [0.2, 0.25) is 5.91 Å². The molecule has 0 aliphatic carbocycles. The molecule has 10 heteroatoms. The van der Waals surface area contributed by atoms with E-state index >= 15 is 0 Å². The molecule has 1 amide bonds. The lowest BCUT2D eigenvalue weighted by Gasteiger charge is -2.32. The minimum atomic E-state index is -0.840. The predicted octanol–water partition coefficient (Wildman–Crippen LogP) is 2.43. The molecule has 0 bridgehead atoms. The lowest BCUT2D eigenvalue weighted by molar-refractivity contribution is -0.384. The summed E-state index contributed by atoms with van der Waals surface area (Å²) in [5.41, 5.74) is 0.921.